The van der Waals surface area contributed by atoms with Gasteiger partial charge in [0.2, 0.25) is 5.91 Å². The summed E-state index contributed by atoms with van der Waals surface area (Å²) in [6, 6.07) is 7.53. The molecular formula is C11H10ClNO2. The van der Waals surface area contributed by atoms with Crippen molar-refractivity contribution in [3.8, 4) is 0 Å². The predicted molar refractivity (Wildman–Crippen MR) is 60.2 cm³/mol. The number of carbonyl (C=O) groups is 1. The van der Waals surface area contributed by atoms with Gasteiger partial charge in [-0.05, 0) is 12.1 Å². The van der Waals surface area contributed by atoms with Crippen molar-refractivity contribution in [2.45, 2.75) is 6.42 Å². The smallest absolute Gasteiger partial charge is 0.225 e. The van der Waals surface area contributed by atoms with Crippen LogP contribution in [0.3, 0.4) is 0 Å². The number of para-hydroxylation sites is 1. The third-order valence-corrected chi connectivity index (χ3v) is 2.27. The zero-order valence-electron chi connectivity index (χ0n) is 8.00. The minimum Gasteiger partial charge on any atom is -0.462 e. The van der Waals surface area contributed by atoms with Crippen LogP contribution >= 0.6 is 11.6 Å². The number of alkyl halides is 1. The Bertz CT molecular complexity index is 478. The van der Waals surface area contributed by atoms with Crippen LogP contribution in [0.2, 0.25) is 0 Å². The molecule has 0 spiro atoms. The van der Waals surface area contributed by atoms with E-state index >= 15 is 0 Å². The Morgan fingerprint density at radius 3 is 3.00 bits per heavy atom. The van der Waals surface area contributed by atoms with E-state index in [0.717, 1.165) is 11.0 Å². The molecule has 0 aliphatic heterocycles. The molecule has 78 valence electrons. The second kappa shape index (κ2) is 4.36. The molecule has 0 atom stereocenters. The quantitative estimate of drug-likeness (QED) is 0.813. The summed E-state index contributed by atoms with van der Waals surface area (Å²) in [6.07, 6.45) is 1.85. The fraction of sp³-hybridized carbons (Fsp3) is 0.182. The highest BCUT2D eigenvalue weighted by Crippen LogP contribution is 2.25. The zero-order chi connectivity index (χ0) is 10.7. The highest BCUT2D eigenvalue weighted by molar-refractivity contribution is 6.19. The molecule has 0 aliphatic rings. The number of anilines is 1. The van der Waals surface area contributed by atoms with Crippen LogP contribution in [-0.2, 0) is 4.79 Å². The molecule has 1 aromatic heterocycles. The highest BCUT2D eigenvalue weighted by atomic mass is 35.5. The number of amides is 1. The third-order valence-electron chi connectivity index (χ3n) is 2.08. The van der Waals surface area contributed by atoms with Gasteiger partial charge in [0, 0.05) is 17.7 Å². The van der Waals surface area contributed by atoms with E-state index in [1.807, 2.05) is 24.3 Å². The molecule has 2 rings (SSSR count). The average Bonchev–Trinajstić information content (AvgIpc) is 2.62. The average molecular weight is 224 g/mol. The van der Waals surface area contributed by atoms with Crippen LogP contribution in [0.5, 0.6) is 0 Å². The maximum atomic E-state index is 11.3. The minimum absolute atomic E-state index is 0.100. The van der Waals surface area contributed by atoms with Crippen LogP contribution in [-0.4, -0.2) is 11.8 Å². The molecule has 1 N–H and O–H groups in total. The largest absolute Gasteiger partial charge is 0.462 e. The Hall–Kier alpha value is -1.48. The van der Waals surface area contributed by atoms with Gasteiger partial charge < -0.3 is 9.73 Å². The van der Waals surface area contributed by atoms with Crippen molar-refractivity contribution in [2.75, 3.05) is 11.2 Å². The van der Waals surface area contributed by atoms with Gasteiger partial charge in [-0.2, -0.15) is 0 Å². The van der Waals surface area contributed by atoms with Crippen LogP contribution in [0.15, 0.2) is 34.9 Å². The maximum Gasteiger partial charge on any atom is 0.225 e. The molecule has 0 bridgehead atoms. The molecule has 1 amide bonds. The molecule has 0 unspecified atom stereocenters. The summed E-state index contributed by atoms with van der Waals surface area (Å²) in [7, 11) is 0. The normalized spacial score (nSPS) is 10.5. The number of hydrogen-bond acceptors (Lipinski definition) is 2. The van der Waals surface area contributed by atoms with E-state index in [0.29, 0.717) is 18.0 Å². The topological polar surface area (TPSA) is 42.2 Å². The summed E-state index contributed by atoms with van der Waals surface area (Å²) in [4.78, 5) is 11.3. The zero-order valence-corrected chi connectivity index (χ0v) is 8.75. The number of fused-ring (bicyclic) bond motifs is 1. The van der Waals surface area contributed by atoms with Crippen LogP contribution < -0.4 is 5.32 Å². The first-order valence-electron chi connectivity index (χ1n) is 4.63. The number of benzene rings is 1. The Morgan fingerprint density at radius 2 is 2.20 bits per heavy atom. The van der Waals surface area contributed by atoms with Crippen LogP contribution in [0.25, 0.3) is 11.0 Å². The number of nitrogens with one attached hydrogen (secondary N) is 1. The van der Waals surface area contributed by atoms with Gasteiger partial charge in [-0.25, -0.2) is 0 Å². The molecule has 0 saturated heterocycles. The number of furan rings is 1. The van der Waals surface area contributed by atoms with Crippen LogP contribution in [0, 0.1) is 0 Å². The van der Waals surface area contributed by atoms with Gasteiger partial charge >= 0.3 is 0 Å². The Kier molecular flexibility index (Phi) is 2.92. The van der Waals surface area contributed by atoms with E-state index in [4.69, 9.17) is 16.0 Å². The van der Waals surface area contributed by atoms with Crippen molar-refractivity contribution in [1.82, 2.24) is 0 Å². The SMILES string of the molecule is O=C(CCCl)Nc1coc2ccccc12. The van der Waals surface area contributed by atoms with Gasteiger partial charge in [0.05, 0.1) is 5.69 Å². The van der Waals surface area contributed by atoms with Crippen molar-refractivity contribution in [3.63, 3.8) is 0 Å². The molecular weight excluding hydrogens is 214 g/mol. The highest BCUT2D eigenvalue weighted by Gasteiger charge is 2.07. The lowest BCUT2D eigenvalue weighted by atomic mass is 10.2. The van der Waals surface area contributed by atoms with Gasteiger partial charge in [-0.15, -0.1) is 11.6 Å². The lowest BCUT2D eigenvalue weighted by Gasteiger charge is -2.00. The van der Waals surface area contributed by atoms with Gasteiger partial charge in [0.1, 0.15) is 11.8 Å². The molecule has 0 fully saturated rings. The van der Waals surface area contributed by atoms with Gasteiger partial charge in [-0.3, -0.25) is 4.79 Å². The fourth-order valence-corrected chi connectivity index (χ4v) is 1.54. The Labute approximate surface area is 92.0 Å². The van der Waals surface area contributed by atoms with E-state index in [9.17, 15) is 4.79 Å². The van der Waals surface area contributed by atoms with Gasteiger partial charge in [0.25, 0.3) is 0 Å². The van der Waals surface area contributed by atoms with Gasteiger partial charge in [-0.1, -0.05) is 12.1 Å². The second-order valence-corrected chi connectivity index (χ2v) is 3.51. The van der Waals surface area contributed by atoms with E-state index < -0.39 is 0 Å². The minimum atomic E-state index is -0.100. The molecule has 1 heterocycles. The maximum absolute atomic E-state index is 11.3. The predicted octanol–water partition coefficient (Wildman–Crippen LogP) is 3.00. The number of halogens is 1. The second-order valence-electron chi connectivity index (χ2n) is 3.13. The summed E-state index contributed by atoms with van der Waals surface area (Å²) < 4.78 is 5.28. The van der Waals surface area contributed by atoms with E-state index in [-0.39, 0.29) is 5.91 Å². The van der Waals surface area contributed by atoms with E-state index in [1.165, 1.54) is 6.26 Å². The van der Waals surface area contributed by atoms with Crippen molar-refractivity contribution in [3.05, 3.63) is 30.5 Å². The summed E-state index contributed by atoms with van der Waals surface area (Å²) >= 11 is 5.47. The molecule has 0 radical (unpaired) electrons. The number of rotatable bonds is 3. The molecule has 2 aromatic rings. The Balaban J connectivity index is 2.25. The van der Waals surface area contributed by atoms with Crippen LogP contribution in [0.4, 0.5) is 5.69 Å². The summed E-state index contributed by atoms with van der Waals surface area (Å²) in [5, 5.41) is 3.65. The first-order valence-corrected chi connectivity index (χ1v) is 5.17. The van der Waals surface area contributed by atoms with Crippen molar-refractivity contribution >= 4 is 34.2 Å². The third kappa shape index (κ3) is 2.13. The first-order chi connectivity index (χ1) is 7.31. The van der Waals surface area contributed by atoms with E-state index in [2.05, 4.69) is 5.32 Å². The van der Waals surface area contributed by atoms with E-state index in [1.54, 1.807) is 0 Å². The standard InChI is InChI=1S/C11H10ClNO2/c12-6-5-11(14)13-9-7-15-10-4-2-1-3-8(9)10/h1-4,7H,5-6H2,(H,13,14). The summed E-state index contributed by atoms with van der Waals surface area (Å²) in [6.45, 7) is 0. The van der Waals surface area contributed by atoms with Gasteiger partial charge in [0.15, 0.2) is 0 Å². The molecule has 1 aromatic carbocycles. The molecule has 0 saturated carbocycles. The molecule has 15 heavy (non-hydrogen) atoms. The Morgan fingerprint density at radius 1 is 1.40 bits per heavy atom. The fourth-order valence-electron chi connectivity index (χ4n) is 1.37. The van der Waals surface area contributed by atoms with Crippen LogP contribution in [0.1, 0.15) is 6.42 Å². The summed E-state index contributed by atoms with van der Waals surface area (Å²) in [5.74, 6) is 0.221. The lowest BCUT2D eigenvalue weighted by molar-refractivity contribution is -0.115. The first kappa shape index (κ1) is 10.1. The molecule has 4 heteroatoms. The lowest BCUT2D eigenvalue weighted by Crippen LogP contribution is -2.11. The monoisotopic (exact) mass is 223 g/mol. The van der Waals surface area contributed by atoms with Crippen molar-refractivity contribution in [1.29, 1.82) is 0 Å². The molecule has 3 nitrogen and oxygen atoms in total. The van der Waals surface area contributed by atoms with Crippen molar-refractivity contribution < 1.29 is 9.21 Å². The summed E-state index contributed by atoms with van der Waals surface area (Å²) in [5.41, 5.74) is 1.46. The number of carbonyl (C=O) groups excluding carboxylic acids is 1. The van der Waals surface area contributed by atoms with Crippen molar-refractivity contribution in [2.24, 2.45) is 0 Å². The number of hydrogen-bond donors (Lipinski definition) is 1. The molecule has 0 aliphatic carbocycles.